The second-order valence-corrected chi connectivity index (χ2v) is 4.72. The molecular formula is C14H21ClN2O2. The topological polar surface area (TPSA) is 41.6 Å². The van der Waals surface area contributed by atoms with Gasteiger partial charge in [-0.25, -0.2) is 0 Å². The van der Waals surface area contributed by atoms with Crippen molar-refractivity contribution in [2.75, 3.05) is 26.7 Å². The maximum absolute atomic E-state index is 12.2. The summed E-state index contributed by atoms with van der Waals surface area (Å²) in [6, 6.07) is 8.08. The van der Waals surface area contributed by atoms with Crippen LogP contribution in [0.2, 0.25) is 0 Å². The zero-order chi connectivity index (χ0) is 13.0. The highest BCUT2D eigenvalue weighted by molar-refractivity contribution is 5.85. The smallest absolute Gasteiger partial charge is 0.227 e. The molecule has 4 nitrogen and oxygen atoms in total. The molecule has 1 heterocycles. The number of hydrogen-bond acceptors (Lipinski definition) is 3. The van der Waals surface area contributed by atoms with E-state index in [1.54, 1.807) is 7.11 Å². The van der Waals surface area contributed by atoms with Crippen molar-refractivity contribution in [3.63, 3.8) is 0 Å². The highest BCUT2D eigenvalue weighted by atomic mass is 35.5. The summed E-state index contributed by atoms with van der Waals surface area (Å²) in [5.74, 6) is 0.991. The first-order chi connectivity index (χ1) is 8.69. The fraction of sp³-hybridized carbons (Fsp3) is 0.500. The lowest BCUT2D eigenvalue weighted by molar-refractivity contribution is -0.131. The molecule has 1 aromatic rings. The van der Waals surface area contributed by atoms with Crippen molar-refractivity contribution >= 4 is 18.3 Å². The fourth-order valence-electron chi connectivity index (χ4n) is 2.23. The van der Waals surface area contributed by atoms with Crippen molar-refractivity contribution in [2.45, 2.75) is 19.4 Å². The van der Waals surface area contributed by atoms with Crippen molar-refractivity contribution < 1.29 is 9.53 Å². The molecule has 5 heteroatoms. The molecule has 0 saturated carbocycles. The van der Waals surface area contributed by atoms with Gasteiger partial charge in [0, 0.05) is 25.7 Å². The number of amides is 1. The number of piperazine rings is 1. The standard InChI is InChI=1S/C14H20N2O2.ClH/c1-11-10-16(7-6-15-11)14(17)9-12-4-3-5-13(8-12)18-2;/h3-5,8,11,15H,6-7,9-10H2,1-2H3;1H. The minimum Gasteiger partial charge on any atom is -0.497 e. The quantitative estimate of drug-likeness (QED) is 0.914. The number of methoxy groups -OCH3 is 1. The molecule has 1 aromatic carbocycles. The Morgan fingerprint density at radius 1 is 1.53 bits per heavy atom. The number of rotatable bonds is 3. The first kappa shape index (κ1) is 15.8. The number of halogens is 1. The third kappa shape index (κ3) is 4.40. The molecular weight excluding hydrogens is 264 g/mol. The predicted molar refractivity (Wildman–Crippen MR) is 78.0 cm³/mol. The van der Waals surface area contributed by atoms with Crippen LogP contribution >= 0.6 is 12.4 Å². The van der Waals surface area contributed by atoms with Gasteiger partial charge in [0.1, 0.15) is 5.75 Å². The summed E-state index contributed by atoms with van der Waals surface area (Å²) in [5.41, 5.74) is 1.01. The zero-order valence-electron chi connectivity index (χ0n) is 11.4. The van der Waals surface area contributed by atoms with Gasteiger partial charge in [-0.05, 0) is 24.6 Å². The molecule has 1 N–H and O–H groups in total. The number of carbonyl (C=O) groups is 1. The Kier molecular flexibility index (Phi) is 6.12. The molecule has 1 amide bonds. The van der Waals surface area contributed by atoms with Crippen LogP contribution in [0.1, 0.15) is 12.5 Å². The maximum Gasteiger partial charge on any atom is 0.227 e. The Balaban J connectivity index is 0.00000180. The van der Waals surface area contributed by atoms with Gasteiger partial charge in [-0.1, -0.05) is 12.1 Å². The molecule has 0 spiro atoms. The second kappa shape index (κ2) is 7.36. The predicted octanol–water partition coefficient (Wildman–Crippen LogP) is 1.48. The van der Waals surface area contributed by atoms with Crippen LogP contribution in [0.25, 0.3) is 0 Å². The van der Waals surface area contributed by atoms with Crippen LogP contribution in [0.15, 0.2) is 24.3 Å². The molecule has 1 fully saturated rings. The van der Waals surface area contributed by atoms with Crippen LogP contribution in [0, 0.1) is 0 Å². The normalized spacial score (nSPS) is 18.6. The minimum absolute atomic E-state index is 0. The molecule has 1 aliphatic rings. The minimum atomic E-state index is 0. The van der Waals surface area contributed by atoms with Crippen LogP contribution in [0.5, 0.6) is 5.75 Å². The molecule has 2 rings (SSSR count). The van der Waals surface area contributed by atoms with Gasteiger partial charge in [-0.3, -0.25) is 4.79 Å². The Labute approximate surface area is 120 Å². The molecule has 1 unspecified atom stereocenters. The Morgan fingerprint density at radius 3 is 3.00 bits per heavy atom. The second-order valence-electron chi connectivity index (χ2n) is 4.72. The maximum atomic E-state index is 12.2. The molecule has 0 aliphatic carbocycles. The number of nitrogens with one attached hydrogen (secondary N) is 1. The molecule has 0 aromatic heterocycles. The molecule has 106 valence electrons. The average Bonchev–Trinajstić information content (AvgIpc) is 2.39. The van der Waals surface area contributed by atoms with Gasteiger partial charge in [0.15, 0.2) is 0 Å². The van der Waals surface area contributed by atoms with Crippen molar-refractivity contribution in [3.05, 3.63) is 29.8 Å². The first-order valence-electron chi connectivity index (χ1n) is 6.33. The summed E-state index contributed by atoms with van der Waals surface area (Å²) in [6.45, 7) is 4.58. The van der Waals surface area contributed by atoms with E-state index in [4.69, 9.17) is 4.74 Å². The van der Waals surface area contributed by atoms with Gasteiger partial charge >= 0.3 is 0 Å². The summed E-state index contributed by atoms with van der Waals surface area (Å²) >= 11 is 0. The van der Waals surface area contributed by atoms with Crippen LogP contribution < -0.4 is 10.1 Å². The number of carbonyl (C=O) groups excluding carboxylic acids is 1. The molecule has 1 atom stereocenters. The van der Waals surface area contributed by atoms with E-state index < -0.39 is 0 Å². The number of benzene rings is 1. The third-order valence-corrected chi connectivity index (χ3v) is 3.21. The summed E-state index contributed by atoms with van der Waals surface area (Å²) in [4.78, 5) is 14.1. The third-order valence-electron chi connectivity index (χ3n) is 3.21. The van der Waals surface area contributed by atoms with E-state index in [2.05, 4.69) is 12.2 Å². The molecule has 1 aliphatic heterocycles. The number of ether oxygens (including phenoxy) is 1. The SMILES string of the molecule is COc1cccc(CC(=O)N2CCNC(C)C2)c1.Cl. The van der Waals surface area contributed by atoms with Crippen LogP contribution in [0.3, 0.4) is 0 Å². The van der Waals surface area contributed by atoms with E-state index in [-0.39, 0.29) is 18.3 Å². The van der Waals surface area contributed by atoms with Gasteiger partial charge < -0.3 is 15.0 Å². The van der Waals surface area contributed by atoms with E-state index >= 15 is 0 Å². The van der Waals surface area contributed by atoms with E-state index in [1.807, 2.05) is 29.2 Å². The van der Waals surface area contributed by atoms with Crippen molar-refractivity contribution in [2.24, 2.45) is 0 Å². The van der Waals surface area contributed by atoms with E-state index in [9.17, 15) is 4.79 Å². The number of nitrogens with zero attached hydrogens (tertiary/aromatic N) is 1. The van der Waals surface area contributed by atoms with Gasteiger partial charge in [0.2, 0.25) is 5.91 Å². The molecule has 0 radical (unpaired) electrons. The Hall–Kier alpha value is -1.26. The number of hydrogen-bond donors (Lipinski definition) is 1. The summed E-state index contributed by atoms with van der Waals surface area (Å²) in [6.07, 6.45) is 0.448. The van der Waals surface area contributed by atoms with Crippen molar-refractivity contribution in [1.29, 1.82) is 0 Å². The van der Waals surface area contributed by atoms with Gasteiger partial charge in [-0.2, -0.15) is 0 Å². The summed E-state index contributed by atoms with van der Waals surface area (Å²) < 4.78 is 5.16. The van der Waals surface area contributed by atoms with Gasteiger partial charge in [0.05, 0.1) is 13.5 Å². The van der Waals surface area contributed by atoms with Crippen LogP contribution in [-0.2, 0) is 11.2 Å². The summed E-state index contributed by atoms with van der Waals surface area (Å²) in [7, 11) is 1.64. The van der Waals surface area contributed by atoms with E-state index in [0.29, 0.717) is 12.5 Å². The molecule has 19 heavy (non-hydrogen) atoms. The Bertz CT molecular complexity index is 426. The van der Waals surface area contributed by atoms with E-state index in [0.717, 1.165) is 30.9 Å². The van der Waals surface area contributed by atoms with Crippen LogP contribution in [0.4, 0.5) is 0 Å². The van der Waals surface area contributed by atoms with Gasteiger partial charge in [-0.15, -0.1) is 12.4 Å². The van der Waals surface area contributed by atoms with E-state index in [1.165, 1.54) is 0 Å². The highest BCUT2D eigenvalue weighted by Gasteiger charge is 2.20. The zero-order valence-corrected chi connectivity index (χ0v) is 12.2. The fourth-order valence-corrected chi connectivity index (χ4v) is 2.23. The highest BCUT2D eigenvalue weighted by Crippen LogP contribution is 2.14. The Morgan fingerprint density at radius 2 is 2.32 bits per heavy atom. The van der Waals surface area contributed by atoms with Crippen molar-refractivity contribution in [3.8, 4) is 5.75 Å². The van der Waals surface area contributed by atoms with Crippen molar-refractivity contribution in [1.82, 2.24) is 10.2 Å². The lowest BCUT2D eigenvalue weighted by Gasteiger charge is -2.32. The lowest BCUT2D eigenvalue weighted by Crippen LogP contribution is -2.51. The molecule has 0 bridgehead atoms. The summed E-state index contributed by atoms with van der Waals surface area (Å²) in [5, 5.41) is 3.34. The largest absolute Gasteiger partial charge is 0.497 e. The average molecular weight is 285 g/mol. The van der Waals surface area contributed by atoms with Crippen LogP contribution in [-0.4, -0.2) is 43.6 Å². The molecule has 1 saturated heterocycles. The lowest BCUT2D eigenvalue weighted by atomic mass is 10.1. The monoisotopic (exact) mass is 284 g/mol. The first-order valence-corrected chi connectivity index (χ1v) is 6.33. The van der Waals surface area contributed by atoms with Gasteiger partial charge in [0.25, 0.3) is 0 Å².